The first-order valence-electron chi connectivity index (χ1n) is 9.45. The lowest BCUT2D eigenvalue weighted by Crippen LogP contribution is -2.40. The van der Waals surface area contributed by atoms with E-state index in [2.05, 4.69) is 30.9 Å². The number of rotatable bonds is 9. The van der Waals surface area contributed by atoms with Crippen LogP contribution in [0.2, 0.25) is 0 Å². The number of benzene rings is 2. The predicted molar refractivity (Wildman–Crippen MR) is 111 cm³/mol. The van der Waals surface area contributed by atoms with Crippen LogP contribution in [0.3, 0.4) is 0 Å². The van der Waals surface area contributed by atoms with Crippen LogP contribution in [0.25, 0.3) is 0 Å². The Bertz CT molecular complexity index is 695. The van der Waals surface area contributed by atoms with Crippen molar-refractivity contribution in [1.82, 2.24) is 4.90 Å². The Kier molecular flexibility index (Phi) is 7.28. The van der Waals surface area contributed by atoms with E-state index in [-0.39, 0.29) is 5.92 Å². The van der Waals surface area contributed by atoms with Gasteiger partial charge in [-0.2, -0.15) is 0 Å². The summed E-state index contributed by atoms with van der Waals surface area (Å²) in [5.41, 5.74) is 1.03. The number of hydrogen-bond acceptors (Lipinski definition) is 4. The highest BCUT2D eigenvalue weighted by Gasteiger charge is 2.40. The first-order chi connectivity index (χ1) is 12.8. The molecule has 0 aliphatic carbocycles. The van der Waals surface area contributed by atoms with Gasteiger partial charge in [0.05, 0.1) is 19.8 Å². The molecule has 0 radical (unpaired) electrons. The van der Waals surface area contributed by atoms with E-state index in [9.17, 15) is 5.11 Å². The highest BCUT2D eigenvalue weighted by atomic mass is 16.5. The Morgan fingerprint density at radius 1 is 0.889 bits per heavy atom. The molecule has 0 spiro atoms. The summed E-state index contributed by atoms with van der Waals surface area (Å²) in [6.45, 7) is 5.03. The van der Waals surface area contributed by atoms with E-state index in [4.69, 9.17) is 9.47 Å². The monoisotopic (exact) mass is 371 g/mol. The van der Waals surface area contributed by atoms with Crippen molar-refractivity contribution in [2.45, 2.75) is 31.8 Å². The zero-order valence-electron chi connectivity index (χ0n) is 17.4. The molecule has 2 aromatic carbocycles. The summed E-state index contributed by atoms with van der Waals surface area (Å²) in [5.74, 6) is 1.88. The smallest absolute Gasteiger partial charge is 0.118 e. The second kappa shape index (κ2) is 9.25. The lowest BCUT2D eigenvalue weighted by molar-refractivity contribution is -0.0195. The van der Waals surface area contributed by atoms with Gasteiger partial charge < -0.3 is 19.5 Å². The minimum absolute atomic E-state index is 0.0748. The van der Waals surface area contributed by atoms with Gasteiger partial charge >= 0.3 is 0 Å². The summed E-state index contributed by atoms with van der Waals surface area (Å²) in [5, 5.41) is 12.0. The normalized spacial score (nSPS) is 14.9. The molecule has 2 unspecified atom stereocenters. The molecule has 2 rings (SSSR count). The maximum absolute atomic E-state index is 12.0. The van der Waals surface area contributed by atoms with Gasteiger partial charge in [0.15, 0.2) is 0 Å². The molecule has 0 bridgehead atoms. The third-order valence-corrected chi connectivity index (χ3v) is 4.95. The Morgan fingerprint density at radius 2 is 1.37 bits per heavy atom. The van der Waals surface area contributed by atoms with Crippen LogP contribution < -0.4 is 9.47 Å². The maximum Gasteiger partial charge on any atom is 0.118 e. The number of hydrogen-bond donors (Lipinski definition) is 1. The van der Waals surface area contributed by atoms with Crippen molar-refractivity contribution in [2.75, 3.05) is 34.9 Å². The molecule has 0 saturated heterocycles. The number of nitrogens with zero attached hydrogens (tertiary/aromatic N) is 1. The molecule has 0 fully saturated rings. The molecule has 27 heavy (non-hydrogen) atoms. The van der Waals surface area contributed by atoms with Crippen LogP contribution >= 0.6 is 0 Å². The Morgan fingerprint density at radius 3 is 1.78 bits per heavy atom. The van der Waals surface area contributed by atoms with Crippen LogP contribution in [0.1, 0.15) is 37.3 Å². The highest BCUT2D eigenvalue weighted by Crippen LogP contribution is 2.43. The average Bonchev–Trinajstić information content (AvgIpc) is 2.65. The van der Waals surface area contributed by atoms with Gasteiger partial charge in [-0.1, -0.05) is 38.1 Å². The molecule has 0 aliphatic heterocycles. The number of aliphatic hydroxyl groups is 1. The van der Waals surface area contributed by atoms with E-state index in [1.54, 1.807) is 14.2 Å². The molecular formula is C23H33NO3. The molecule has 0 heterocycles. The zero-order chi connectivity index (χ0) is 20.0. The highest BCUT2D eigenvalue weighted by molar-refractivity contribution is 5.37. The summed E-state index contributed by atoms with van der Waals surface area (Å²) < 4.78 is 10.6. The summed E-state index contributed by atoms with van der Waals surface area (Å²) in [6, 6.07) is 15.8. The number of likely N-dealkylation sites (N-methyl/N-ethyl adjacent to an activating group) is 1. The molecule has 2 aromatic rings. The summed E-state index contributed by atoms with van der Waals surface area (Å²) in [4.78, 5) is 2.13. The SMILES string of the molecule is COc1ccc(C(CN(C)C)C(O)(CC(C)C)c2ccc(OC)cc2)cc1. The molecule has 4 nitrogen and oxygen atoms in total. The fourth-order valence-corrected chi connectivity index (χ4v) is 3.70. The molecular weight excluding hydrogens is 338 g/mol. The maximum atomic E-state index is 12.0. The van der Waals surface area contributed by atoms with E-state index < -0.39 is 5.60 Å². The van der Waals surface area contributed by atoms with E-state index >= 15 is 0 Å². The first kappa shape index (κ1) is 21.3. The quantitative estimate of drug-likeness (QED) is 0.714. The van der Waals surface area contributed by atoms with Gasteiger partial charge in [-0.15, -0.1) is 0 Å². The summed E-state index contributed by atoms with van der Waals surface area (Å²) in [6.07, 6.45) is 0.671. The minimum atomic E-state index is -0.987. The van der Waals surface area contributed by atoms with Crippen molar-refractivity contribution in [3.05, 3.63) is 59.7 Å². The van der Waals surface area contributed by atoms with Crippen LogP contribution in [-0.4, -0.2) is 44.9 Å². The van der Waals surface area contributed by atoms with Crippen LogP contribution in [0.5, 0.6) is 11.5 Å². The predicted octanol–water partition coefficient (Wildman–Crippen LogP) is 4.28. The topological polar surface area (TPSA) is 41.9 Å². The standard InChI is InChI=1S/C23H33NO3/c1-17(2)15-23(25,19-9-13-21(27-6)14-10-19)22(16-24(3)4)18-7-11-20(26-5)12-8-18/h7-14,17,22,25H,15-16H2,1-6H3. The van der Waals surface area contributed by atoms with Crippen molar-refractivity contribution < 1.29 is 14.6 Å². The van der Waals surface area contributed by atoms with Crippen molar-refractivity contribution in [1.29, 1.82) is 0 Å². The fourth-order valence-electron chi connectivity index (χ4n) is 3.70. The third kappa shape index (κ3) is 5.24. The van der Waals surface area contributed by atoms with Crippen LogP contribution in [0, 0.1) is 5.92 Å². The molecule has 1 N–H and O–H groups in total. The van der Waals surface area contributed by atoms with Crippen molar-refractivity contribution in [3.63, 3.8) is 0 Å². The van der Waals surface area contributed by atoms with Crippen molar-refractivity contribution >= 4 is 0 Å². The van der Waals surface area contributed by atoms with Crippen LogP contribution in [0.15, 0.2) is 48.5 Å². The Hall–Kier alpha value is -2.04. The lowest BCUT2D eigenvalue weighted by Gasteiger charge is -2.40. The molecule has 148 valence electrons. The van der Waals surface area contributed by atoms with Gasteiger partial charge in [-0.3, -0.25) is 0 Å². The van der Waals surface area contributed by atoms with Crippen molar-refractivity contribution in [2.24, 2.45) is 5.92 Å². The number of ether oxygens (including phenoxy) is 2. The molecule has 0 aromatic heterocycles. The molecule has 4 heteroatoms. The fraction of sp³-hybridized carbons (Fsp3) is 0.478. The van der Waals surface area contributed by atoms with Gasteiger partial charge in [0.2, 0.25) is 0 Å². The largest absolute Gasteiger partial charge is 0.497 e. The lowest BCUT2D eigenvalue weighted by atomic mass is 9.72. The Labute approximate surface area is 163 Å². The number of methoxy groups -OCH3 is 2. The minimum Gasteiger partial charge on any atom is -0.497 e. The first-order valence-corrected chi connectivity index (χ1v) is 9.45. The van der Waals surface area contributed by atoms with Crippen LogP contribution in [-0.2, 0) is 5.60 Å². The van der Waals surface area contributed by atoms with Gasteiger partial charge in [-0.05, 0) is 61.8 Å². The van der Waals surface area contributed by atoms with E-state index in [1.807, 2.05) is 50.5 Å². The third-order valence-electron chi connectivity index (χ3n) is 4.95. The molecule has 0 saturated carbocycles. The second-order valence-electron chi connectivity index (χ2n) is 7.84. The van der Waals surface area contributed by atoms with Gasteiger partial charge in [0.25, 0.3) is 0 Å². The van der Waals surface area contributed by atoms with Crippen molar-refractivity contribution in [3.8, 4) is 11.5 Å². The van der Waals surface area contributed by atoms with Gasteiger partial charge in [0.1, 0.15) is 11.5 Å². The molecule has 0 amide bonds. The zero-order valence-corrected chi connectivity index (χ0v) is 17.4. The van der Waals surface area contributed by atoms with E-state index in [0.717, 1.165) is 29.2 Å². The average molecular weight is 372 g/mol. The molecule has 2 atom stereocenters. The van der Waals surface area contributed by atoms with E-state index in [0.29, 0.717) is 12.3 Å². The summed E-state index contributed by atoms with van der Waals surface area (Å²) >= 11 is 0. The Balaban J connectivity index is 2.54. The van der Waals surface area contributed by atoms with Crippen LogP contribution in [0.4, 0.5) is 0 Å². The van der Waals surface area contributed by atoms with Gasteiger partial charge in [0, 0.05) is 12.5 Å². The summed E-state index contributed by atoms with van der Waals surface area (Å²) in [7, 11) is 7.40. The van der Waals surface area contributed by atoms with Gasteiger partial charge in [-0.25, -0.2) is 0 Å². The molecule has 0 aliphatic rings. The van der Waals surface area contributed by atoms with E-state index in [1.165, 1.54) is 0 Å². The second-order valence-corrected chi connectivity index (χ2v) is 7.84.